The minimum atomic E-state index is -0.942. The molecule has 0 aliphatic rings. The molecule has 1 aromatic heterocycles. The topological polar surface area (TPSA) is 42.2 Å². The summed E-state index contributed by atoms with van der Waals surface area (Å²) < 4.78 is 14.6. The van der Waals surface area contributed by atoms with Crippen LogP contribution < -0.4 is 0 Å². The number of hydrogen-bond donors (Lipinski definition) is 1. The Morgan fingerprint density at radius 1 is 1.28 bits per heavy atom. The standard InChI is InChI=1S/C13H11BrFNO2/c14-7-12-11(13(17)18)5-6-16(12)8-9-1-3-10(15)4-2-9/h1-6H,7-8H2,(H,17,18). The molecule has 0 aliphatic carbocycles. The highest BCUT2D eigenvalue weighted by Gasteiger charge is 2.13. The molecule has 3 nitrogen and oxygen atoms in total. The summed E-state index contributed by atoms with van der Waals surface area (Å²) in [5.74, 6) is -1.22. The molecule has 0 saturated heterocycles. The van der Waals surface area contributed by atoms with Gasteiger partial charge in [0, 0.05) is 23.8 Å². The highest BCUT2D eigenvalue weighted by atomic mass is 79.9. The molecule has 1 heterocycles. The molecule has 1 aromatic carbocycles. The van der Waals surface area contributed by atoms with E-state index in [1.807, 2.05) is 4.57 Å². The molecule has 18 heavy (non-hydrogen) atoms. The summed E-state index contributed by atoms with van der Waals surface area (Å²) in [5.41, 5.74) is 1.91. The summed E-state index contributed by atoms with van der Waals surface area (Å²) in [6, 6.07) is 7.74. The number of aromatic nitrogens is 1. The minimum absolute atomic E-state index is 0.279. The van der Waals surface area contributed by atoms with E-state index in [0.717, 1.165) is 5.56 Å². The van der Waals surface area contributed by atoms with Gasteiger partial charge in [-0.05, 0) is 23.8 Å². The van der Waals surface area contributed by atoms with Crippen molar-refractivity contribution in [2.24, 2.45) is 0 Å². The van der Waals surface area contributed by atoms with Gasteiger partial charge in [-0.15, -0.1) is 0 Å². The maximum atomic E-state index is 12.8. The van der Waals surface area contributed by atoms with Crippen LogP contribution in [-0.2, 0) is 11.9 Å². The molecule has 0 unspecified atom stereocenters. The summed E-state index contributed by atoms with van der Waals surface area (Å²) in [5, 5.41) is 9.49. The first-order valence-electron chi connectivity index (χ1n) is 5.33. The Morgan fingerprint density at radius 3 is 2.50 bits per heavy atom. The minimum Gasteiger partial charge on any atom is -0.478 e. The number of aromatic carboxylic acids is 1. The van der Waals surface area contributed by atoms with Gasteiger partial charge in [0.25, 0.3) is 0 Å². The highest BCUT2D eigenvalue weighted by molar-refractivity contribution is 9.08. The number of carboxylic acid groups (broad SMARTS) is 1. The van der Waals surface area contributed by atoms with E-state index in [2.05, 4.69) is 15.9 Å². The van der Waals surface area contributed by atoms with E-state index < -0.39 is 5.97 Å². The van der Waals surface area contributed by atoms with Gasteiger partial charge in [-0.2, -0.15) is 0 Å². The lowest BCUT2D eigenvalue weighted by Crippen LogP contribution is -2.06. The van der Waals surface area contributed by atoms with Gasteiger partial charge in [0.1, 0.15) is 5.82 Å². The van der Waals surface area contributed by atoms with Crippen molar-refractivity contribution < 1.29 is 14.3 Å². The molecular weight excluding hydrogens is 301 g/mol. The molecule has 0 saturated carbocycles. The van der Waals surface area contributed by atoms with Crippen LogP contribution in [0, 0.1) is 5.82 Å². The van der Waals surface area contributed by atoms with Crippen LogP contribution in [0.4, 0.5) is 4.39 Å². The van der Waals surface area contributed by atoms with Crippen LogP contribution in [-0.4, -0.2) is 15.6 Å². The van der Waals surface area contributed by atoms with E-state index in [4.69, 9.17) is 5.11 Å². The number of alkyl halides is 1. The SMILES string of the molecule is O=C(O)c1ccn(Cc2ccc(F)cc2)c1CBr. The van der Waals surface area contributed by atoms with Crippen molar-refractivity contribution in [2.45, 2.75) is 11.9 Å². The number of rotatable bonds is 4. The maximum Gasteiger partial charge on any atom is 0.337 e. The Labute approximate surface area is 112 Å². The van der Waals surface area contributed by atoms with Gasteiger partial charge in [0.05, 0.1) is 5.56 Å². The van der Waals surface area contributed by atoms with Crippen LogP contribution in [0.1, 0.15) is 21.6 Å². The molecule has 0 bridgehead atoms. The predicted octanol–water partition coefficient (Wildman–Crippen LogP) is 3.27. The fourth-order valence-electron chi connectivity index (χ4n) is 1.78. The summed E-state index contributed by atoms with van der Waals surface area (Å²) >= 11 is 3.29. The summed E-state index contributed by atoms with van der Waals surface area (Å²) in [6.07, 6.45) is 1.73. The first-order valence-corrected chi connectivity index (χ1v) is 6.45. The first-order chi connectivity index (χ1) is 8.61. The van der Waals surface area contributed by atoms with Gasteiger partial charge < -0.3 is 9.67 Å². The third kappa shape index (κ3) is 2.61. The molecular formula is C13H11BrFNO2. The van der Waals surface area contributed by atoms with Gasteiger partial charge in [0.2, 0.25) is 0 Å². The first kappa shape index (κ1) is 12.8. The van der Waals surface area contributed by atoms with Gasteiger partial charge in [-0.25, -0.2) is 9.18 Å². The quantitative estimate of drug-likeness (QED) is 0.881. The summed E-state index contributed by atoms with van der Waals surface area (Å²) in [4.78, 5) is 11.0. The smallest absolute Gasteiger partial charge is 0.337 e. The zero-order valence-corrected chi connectivity index (χ0v) is 11.0. The van der Waals surface area contributed by atoms with Gasteiger partial charge in [-0.1, -0.05) is 28.1 Å². The molecule has 2 rings (SSSR count). The van der Waals surface area contributed by atoms with Crippen molar-refractivity contribution in [3.8, 4) is 0 Å². The maximum absolute atomic E-state index is 12.8. The normalized spacial score (nSPS) is 10.6. The number of carbonyl (C=O) groups is 1. The fraction of sp³-hybridized carbons (Fsp3) is 0.154. The van der Waals surface area contributed by atoms with Crippen molar-refractivity contribution >= 4 is 21.9 Å². The Hall–Kier alpha value is -1.62. The molecule has 5 heteroatoms. The average molecular weight is 312 g/mol. The number of nitrogens with zero attached hydrogens (tertiary/aromatic N) is 1. The van der Waals surface area contributed by atoms with Gasteiger partial charge >= 0.3 is 5.97 Å². The highest BCUT2D eigenvalue weighted by Crippen LogP contribution is 2.17. The predicted molar refractivity (Wildman–Crippen MR) is 69.5 cm³/mol. The van der Waals surface area contributed by atoms with Gasteiger partial charge in [-0.3, -0.25) is 0 Å². The second kappa shape index (κ2) is 5.35. The van der Waals surface area contributed by atoms with Crippen LogP contribution in [0.2, 0.25) is 0 Å². The largest absolute Gasteiger partial charge is 0.478 e. The van der Waals surface area contributed by atoms with Gasteiger partial charge in [0.15, 0.2) is 0 Å². The Bertz CT molecular complexity index is 563. The zero-order chi connectivity index (χ0) is 13.1. The molecule has 0 aliphatic heterocycles. The lowest BCUT2D eigenvalue weighted by molar-refractivity contribution is 0.0696. The lowest BCUT2D eigenvalue weighted by Gasteiger charge is -2.08. The Balaban J connectivity index is 2.29. The van der Waals surface area contributed by atoms with E-state index in [1.165, 1.54) is 12.1 Å². The lowest BCUT2D eigenvalue weighted by atomic mass is 10.2. The third-order valence-electron chi connectivity index (χ3n) is 2.70. The number of halogens is 2. The van der Waals surface area contributed by atoms with E-state index >= 15 is 0 Å². The second-order valence-electron chi connectivity index (χ2n) is 3.87. The summed E-state index contributed by atoms with van der Waals surface area (Å²) in [7, 11) is 0. The van der Waals surface area contributed by atoms with Crippen LogP contribution in [0.5, 0.6) is 0 Å². The second-order valence-corrected chi connectivity index (χ2v) is 4.43. The fourth-order valence-corrected chi connectivity index (χ4v) is 2.41. The van der Waals surface area contributed by atoms with Crippen molar-refractivity contribution in [1.29, 1.82) is 0 Å². The monoisotopic (exact) mass is 311 g/mol. The summed E-state index contributed by atoms with van der Waals surface area (Å²) in [6.45, 7) is 0.522. The molecule has 0 radical (unpaired) electrons. The molecule has 0 atom stereocenters. The van der Waals surface area contributed by atoms with Crippen molar-refractivity contribution in [3.63, 3.8) is 0 Å². The van der Waals surface area contributed by atoms with E-state index in [9.17, 15) is 9.18 Å². The van der Waals surface area contributed by atoms with E-state index in [0.29, 0.717) is 17.6 Å². The zero-order valence-electron chi connectivity index (χ0n) is 9.44. The van der Waals surface area contributed by atoms with Crippen LogP contribution in [0.25, 0.3) is 0 Å². The molecule has 0 amide bonds. The molecule has 0 fully saturated rings. The van der Waals surface area contributed by atoms with Crippen molar-refractivity contribution in [2.75, 3.05) is 0 Å². The molecule has 2 aromatic rings. The van der Waals surface area contributed by atoms with E-state index in [1.54, 1.807) is 24.4 Å². The van der Waals surface area contributed by atoms with Crippen LogP contribution in [0.3, 0.4) is 0 Å². The Morgan fingerprint density at radius 2 is 1.94 bits per heavy atom. The number of benzene rings is 1. The average Bonchev–Trinajstić information content (AvgIpc) is 2.75. The van der Waals surface area contributed by atoms with Crippen LogP contribution >= 0.6 is 15.9 Å². The van der Waals surface area contributed by atoms with E-state index in [-0.39, 0.29) is 11.4 Å². The van der Waals surface area contributed by atoms with Crippen LogP contribution in [0.15, 0.2) is 36.5 Å². The Kier molecular flexibility index (Phi) is 3.81. The van der Waals surface area contributed by atoms with Crippen molar-refractivity contribution in [1.82, 2.24) is 4.57 Å². The molecule has 0 spiro atoms. The molecule has 94 valence electrons. The molecule has 1 N–H and O–H groups in total. The number of carboxylic acids is 1. The third-order valence-corrected chi connectivity index (χ3v) is 3.23. The number of hydrogen-bond acceptors (Lipinski definition) is 1. The van der Waals surface area contributed by atoms with Crippen molar-refractivity contribution in [3.05, 3.63) is 59.2 Å².